The first-order valence-corrected chi connectivity index (χ1v) is 6.35. The summed E-state index contributed by atoms with van der Waals surface area (Å²) < 4.78 is 0. The van der Waals surface area contributed by atoms with Gasteiger partial charge < -0.3 is 0 Å². The van der Waals surface area contributed by atoms with Crippen molar-refractivity contribution in [2.45, 2.75) is 61.2 Å². The Bertz CT molecular complexity index is 323. The van der Waals surface area contributed by atoms with Gasteiger partial charge in [0.05, 0.1) is 5.92 Å². The number of hydrogen-bond donors (Lipinski definition) is 0. The Balaban J connectivity index is 2.86. The molecule has 2 atom stereocenters. The molecule has 0 aromatic heterocycles. The number of hydrogen-bond acceptors (Lipinski definition) is 2. The van der Waals surface area contributed by atoms with Crippen molar-refractivity contribution < 1.29 is 9.78 Å². The van der Waals surface area contributed by atoms with Crippen molar-refractivity contribution in [2.75, 3.05) is 0 Å². The lowest BCUT2D eigenvalue weighted by molar-refractivity contribution is 0.0850. The first-order valence-electron chi connectivity index (χ1n) is 6.35. The zero-order chi connectivity index (χ0) is 13.5. The maximum Gasteiger partial charge on any atom is 0.245 e. The Kier molecular flexibility index (Phi) is 3.68. The van der Waals surface area contributed by atoms with E-state index in [9.17, 15) is 0 Å². The van der Waals surface area contributed by atoms with Crippen LogP contribution in [0.5, 0.6) is 0 Å². The van der Waals surface area contributed by atoms with Crippen LogP contribution in [0.1, 0.15) is 55.4 Å². The molecule has 0 aromatic rings. The van der Waals surface area contributed by atoms with Crippen LogP contribution in [0.2, 0.25) is 0 Å². The van der Waals surface area contributed by atoms with Crippen LogP contribution in [0.25, 0.3) is 0 Å². The second-order valence-electron chi connectivity index (χ2n) is 7.36. The summed E-state index contributed by atoms with van der Waals surface area (Å²) in [6.07, 6.45) is 0. The summed E-state index contributed by atoms with van der Waals surface area (Å²) in [5.41, 5.74) is 0.261. The normalized spacial score (nSPS) is 22.4. The van der Waals surface area contributed by atoms with E-state index in [1.807, 2.05) is 6.92 Å². The van der Waals surface area contributed by atoms with Gasteiger partial charge in [0.2, 0.25) is 5.79 Å². The fourth-order valence-corrected chi connectivity index (χ4v) is 1.72. The first-order chi connectivity index (χ1) is 7.47. The summed E-state index contributed by atoms with van der Waals surface area (Å²) in [7, 11) is 0. The lowest BCUT2D eigenvalue weighted by Crippen LogP contribution is -2.31. The summed E-state index contributed by atoms with van der Waals surface area (Å²) >= 11 is 0. The average molecular weight is 238 g/mol. The Morgan fingerprint density at radius 1 is 0.882 bits per heavy atom. The SMILES string of the molecule is CC(C#CC(C(C)(C)C)C1(C)OO1)C(C)(C)C. The summed E-state index contributed by atoms with van der Waals surface area (Å²) in [6, 6.07) is 0. The molecule has 1 saturated heterocycles. The standard InChI is InChI=1S/C15H26O2/c1-11(13(2,3)4)9-10-12(14(5,6)7)15(8)16-17-15/h11-12H,1-8H3. The molecule has 0 N–H and O–H groups in total. The fourth-order valence-electron chi connectivity index (χ4n) is 1.72. The van der Waals surface area contributed by atoms with E-state index < -0.39 is 5.79 Å². The van der Waals surface area contributed by atoms with E-state index in [1.165, 1.54) is 0 Å². The van der Waals surface area contributed by atoms with Gasteiger partial charge in [-0.15, -0.1) is 0 Å². The van der Waals surface area contributed by atoms with Crippen LogP contribution >= 0.6 is 0 Å². The Morgan fingerprint density at radius 3 is 1.65 bits per heavy atom. The zero-order valence-electron chi connectivity index (χ0n) is 12.5. The molecule has 1 aliphatic rings. The minimum atomic E-state index is -0.511. The minimum Gasteiger partial charge on any atom is -0.194 e. The van der Waals surface area contributed by atoms with Gasteiger partial charge in [0.25, 0.3) is 0 Å². The summed E-state index contributed by atoms with van der Waals surface area (Å²) in [5.74, 6) is 6.68. The molecule has 2 nitrogen and oxygen atoms in total. The van der Waals surface area contributed by atoms with Gasteiger partial charge in [0.1, 0.15) is 0 Å². The Hall–Kier alpha value is -0.520. The molecular formula is C15H26O2. The Morgan fingerprint density at radius 2 is 1.35 bits per heavy atom. The van der Waals surface area contributed by atoms with Crippen molar-refractivity contribution in [1.29, 1.82) is 0 Å². The monoisotopic (exact) mass is 238 g/mol. The largest absolute Gasteiger partial charge is 0.245 e. The molecule has 0 aliphatic carbocycles. The van der Waals surface area contributed by atoms with E-state index >= 15 is 0 Å². The highest BCUT2D eigenvalue weighted by atomic mass is 17.4. The highest BCUT2D eigenvalue weighted by molar-refractivity contribution is 5.15. The van der Waals surface area contributed by atoms with Crippen LogP contribution in [0, 0.1) is 34.5 Å². The van der Waals surface area contributed by atoms with Crippen LogP contribution < -0.4 is 0 Å². The van der Waals surface area contributed by atoms with Crippen molar-refractivity contribution in [3.8, 4) is 11.8 Å². The smallest absolute Gasteiger partial charge is 0.194 e. The molecule has 0 bridgehead atoms. The fraction of sp³-hybridized carbons (Fsp3) is 0.867. The maximum atomic E-state index is 5.10. The van der Waals surface area contributed by atoms with Gasteiger partial charge in [-0.25, -0.2) is 0 Å². The third kappa shape index (κ3) is 3.72. The quantitative estimate of drug-likeness (QED) is 0.392. The van der Waals surface area contributed by atoms with Gasteiger partial charge in [-0.2, -0.15) is 9.78 Å². The molecule has 17 heavy (non-hydrogen) atoms. The van der Waals surface area contributed by atoms with Gasteiger partial charge in [-0.05, 0) is 17.8 Å². The molecule has 1 heterocycles. The molecule has 98 valence electrons. The molecule has 2 heteroatoms. The lowest BCUT2D eigenvalue weighted by Gasteiger charge is -2.28. The minimum absolute atomic E-state index is 0.0514. The van der Waals surface area contributed by atoms with Gasteiger partial charge in [-0.3, -0.25) is 0 Å². The predicted octanol–water partition coefficient (Wildman–Crippen LogP) is 4.01. The molecule has 0 saturated carbocycles. The van der Waals surface area contributed by atoms with Crippen molar-refractivity contribution in [1.82, 2.24) is 0 Å². The second kappa shape index (κ2) is 4.30. The van der Waals surface area contributed by atoms with Crippen LogP contribution in [0.3, 0.4) is 0 Å². The van der Waals surface area contributed by atoms with E-state index in [4.69, 9.17) is 9.78 Å². The van der Waals surface area contributed by atoms with E-state index in [1.54, 1.807) is 0 Å². The molecule has 1 aliphatic heterocycles. The average Bonchev–Trinajstić information content (AvgIpc) is 2.80. The molecule has 0 spiro atoms. The maximum absolute atomic E-state index is 5.10. The van der Waals surface area contributed by atoms with Crippen LogP contribution in [0.4, 0.5) is 0 Å². The molecule has 0 amide bonds. The van der Waals surface area contributed by atoms with Gasteiger partial charge in [0, 0.05) is 5.92 Å². The third-order valence-electron chi connectivity index (χ3n) is 3.48. The topological polar surface area (TPSA) is 25.1 Å². The van der Waals surface area contributed by atoms with Crippen molar-refractivity contribution in [3.05, 3.63) is 0 Å². The van der Waals surface area contributed by atoms with E-state index in [0.717, 1.165) is 0 Å². The molecule has 2 unspecified atom stereocenters. The highest BCUT2D eigenvalue weighted by Crippen LogP contribution is 2.45. The van der Waals surface area contributed by atoms with E-state index in [2.05, 4.69) is 60.3 Å². The van der Waals surface area contributed by atoms with Gasteiger partial charge >= 0.3 is 0 Å². The van der Waals surface area contributed by atoms with Gasteiger partial charge in [0.15, 0.2) is 0 Å². The zero-order valence-corrected chi connectivity index (χ0v) is 12.5. The van der Waals surface area contributed by atoms with Gasteiger partial charge in [-0.1, -0.05) is 60.3 Å². The molecular weight excluding hydrogens is 212 g/mol. The van der Waals surface area contributed by atoms with E-state index in [0.29, 0.717) is 5.92 Å². The van der Waals surface area contributed by atoms with Crippen molar-refractivity contribution in [3.63, 3.8) is 0 Å². The van der Waals surface area contributed by atoms with Crippen LogP contribution in [0.15, 0.2) is 0 Å². The van der Waals surface area contributed by atoms with Crippen LogP contribution in [-0.2, 0) is 9.78 Å². The molecule has 1 fully saturated rings. The summed E-state index contributed by atoms with van der Waals surface area (Å²) in [5, 5.41) is 0. The lowest BCUT2D eigenvalue weighted by atomic mass is 9.76. The highest BCUT2D eigenvalue weighted by Gasteiger charge is 2.55. The molecule has 0 radical (unpaired) electrons. The predicted molar refractivity (Wildman–Crippen MR) is 69.9 cm³/mol. The molecule has 0 aromatic carbocycles. The van der Waals surface area contributed by atoms with Crippen molar-refractivity contribution >= 4 is 0 Å². The van der Waals surface area contributed by atoms with Crippen LogP contribution in [-0.4, -0.2) is 5.79 Å². The second-order valence-corrected chi connectivity index (χ2v) is 7.36. The van der Waals surface area contributed by atoms with Crippen molar-refractivity contribution in [2.24, 2.45) is 22.7 Å². The third-order valence-corrected chi connectivity index (χ3v) is 3.48. The number of rotatable bonds is 1. The first kappa shape index (κ1) is 14.5. The molecule has 1 rings (SSSR count). The van der Waals surface area contributed by atoms with E-state index in [-0.39, 0.29) is 16.7 Å². The Labute approximate surface area is 106 Å². The summed E-state index contributed by atoms with van der Waals surface area (Å²) in [4.78, 5) is 10.2. The summed E-state index contributed by atoms with van der Waals surface area (Å²) in [6.45, 7) is 17.3.